The summed E-state index contributed by atoms with van der Waals surface area (Å²) >= 11 is 6.40. The lowest BCUT2D eigenvalue weighted by Gasteiger charge is -2.11. The highest BCUT2D eigenvalue weighted by Gasteiger charge is 2.21. The lowest BCUT2D eigenvalue weighted by molar-refractivity contribution is 0.596. The van der Waals surface area contributed by atoms with Crippen LogP contribution in [0.4, 0.5) is 5.69 Å². The molecule has 0 radical (unpaired) electrons. The van der Waals surface area contributed by atoms with E-state index in [1.165, 1.54) is 25.1 Å². The van der Waals surface area contributed by atoms with Crippen LogP contribution in [-0.2, 0) is 20.0 Å². The summed E-state index contributed by atoms with van der Waals surface area (Å²) < 4.78 is 49.4. The van der Waals surface area contributed by atoms with Crippen LogP contribution in [0.15, 0.2) is 33.5 Å². The van der Waals surface area contributed by atoms with Crippen LogP contribution in [0.3, 0.4) is 0 Å². The third-order valence-electron chi connectivity index (χ3n) is 2.56. The van der Waals surface area contributed by atoms with Gasteiger partial charge in [-0.15, -0.1) is 0 Å². The Bertz CT molecular complexity index is 890. The van der Waals surface area contributed by atoms with Crippen molar-refractivity contribution in [2.24, 2.45) is 5.14 Å². The van der Waals surface area contributed by atoms with Gasteiger partial charge < -0.3 is 0 Å². The Morgan fingerprint density at radius 3 is 2.48 bits per heavy atom. The van der Waals surface area contributed by atoms with Crippen molar-refractivity contribution < 1.29 is 16.8 Å². The van der Waals surface area contributed by atoms with Crippen LogP contribution in [0.2, 0.25) is 4.47 Å². The van der Waals surface area contributed by atoms with E-state index in [4.69, 9.17) is 16.7 Å². The highest BCUT2D eigenvalue weighted by Crippen LogP contribution is 2.27. The third-order valence-corrected chi connectivity index (χ3v) is 6.55. The first-order valence-electron chi connectivity index (χ1n) is 5.38. The summed E-state index contributed by atoms with van der Waals surface area (Å²) in [6, 6.07) is 4.13. The van der Waals surface area contributed by atoms with E-state index in [2.05, 4.69) is 9.71 Å². The predicted molar refractivity (Wildman–Crippen MR) is 80.5 cm³/mol. The molecule has 2 rings (SSSR count). The van der Waals surface area contributed by atoms with Gasteiger partial charge in [0.2, 0.25) is 10.0 Å². The Hall–Kier alpha value is -1.20. The van der Waals surface area contributed by atoms with Gasteiger partial charge in [0, 0.05) is 0 Å². The maximum atomic E-state index is 12.1. The molecule has 1 aromatic heterocycles. The average Bonchev–Trinajstić information content (AvgIpc) is 2.78. The van der Waals surface area contributed by atoms with Gasteiger partial charge in [0.05, 0.1) is 16.8 Å². The van der Waals surface area contributed by atoms with Gasteiger partial charge in [0.25, 0.3) is 10.0 Å². The third kappa shape index (κ3) is 3.52. The largest absolute Gasteiger partial charge is 0.279 e. The number of primary sulfonamides is 1. The van der Waals surface area contributed by atoms with Crippen LogP contribution in [-0.4, -0.2) is 21.8 Å². The van der Waals surface area contributed by atoms with Gasteiger partial charge in [-0.2, -0.15) is 0 Å². The van der Waals surface area contributed by atoms with Crippen LogP contribution in [0.5, 0.6) is 0 Å². The fourth-order valence-electron chi connectivity index (χ4n) is 1.59. The normalized spacial score (nSPS) is 12.3. The summed E-state index contributed by atoms with van der Waals surface area (Å²) in [5, 5.41) is 5.07. The molecule has 0 aliphatic heterocycles. The number of thiazole rings is 1. The Morgan fingerprint density at radius 1 is 1.29 bits per heavy atom. The van der Waals surface area contributed by atoms with Crippen molar-refractivity contribution in [3.63, 3.8) is 0 Å². The van der Waals surface area contributed by atoms with Crippen molar-refractivity contribution in [3.8, 4) is 0 Å². The standard InChI is InChI=1S/C10H10ClN3O4S3/c1-6-7(3-2-4-8(6)20(12,15)16)14-21(17,18)9-5-13-10(11)19-9/h2-5,14H,1H3,(H2,12,15,16). The van der Waals surface area contributed by atoms with Gasteiger partial charge in [0.1, 0.15) is 0 Å². The molecule has 114 valence electrons. The first kappa shape index (κ1) is 16.2. The molecule has 0 spiro atoms. The van der Waals surface area contributed by atoms with Crippen molar-refractivity contribution in [1.82, 2.24) is 4.98 Å². The van der Waals surface area contributed by atoms with Gasteiger partial charge in [-0.3, -0.25) is 4.72 Å². The molecule has 0 saturated heterocycles. The summed E-state index contributed by atoms with van der Waals surface area (Å²) in [5.74, 6) is 0. The SMILES string of the molecule is Cc1c(NS(=O)(=O)c2cnc(Cl)s2)cccc1S(N)(=O)=O. The van der Waals surface area contributed by atoms with Crippen LogP contribution in [0.25, 0.3) is 0 Å². The van der Waals surface area contributed by atoms with Gasteiger partial charge >= 0.3 is 0 Å². The van der Waals surface area contributed by atoms with Crippen LogP contribution in [0, 0.1) is 6.92 Å². The number of benzene rings is 1. The predicted octanol–water partition coefficient (Wildman–Crippen LogP) is 1.55. The van der Waals surface area contributed by atoms with E-state index < -0.39 is 20.0 Å². The number of nitrogens with one attached hydrogen (secondary N) is 1. The molecular formula is C10H10ClN3O4S3. The summed E-state index contributed by atoms with van der Waals surface area (Å²) in [5.41, 5.74) is 0.324. The molecule has 0 bridgehead atoms. The molecule has 0 saturated carbocycles. The molecule has 0 unspecified atom stereocenters. The van der Waals surface area contributed by atoms with Crippen LogP contribution >= 0.6 is 22.9 Å². The monoisotopic (exact) mass is 367 g/mol. The number of sulfonamides is 2. The van der Waals surface area contributed by atoms with Gasteiger partial charge in [0.15, 0.2) is 8.68 Å². The first-order chi connectivity index (χ1) is 9.61. The molecule has 21 heavy (non-hydrogen) atoms. The molecular weight excluding hydrogens is 358 g/mol. The Morgan fingerprint density at radius 2 is 1.95 bits per heavy atom. The molecule has 1 aromatic carbocycles. The molecule has 0 fully saturated rings. The van der Waals surface area contributed by atoms with Crippen molar-refractivity contribution in [1.29, 1.82) is 0 Å². The number of hydrogen-bond acceptors (Lipinski definition) is 6. The maximum absolute atomic E-state index is 12.1. The minimum absolute atomic E-state index is 0.0760. The second kappa shape index (κ2) is 5.54. The Balaban J connectivity index is 2.46. The lowest BCUT2D eigenvalue weighted by Crippen LogP contribution is -2.17. The molecule has 7 nitrogen and oxygen atoms in total. The van der Waals surface area contributed by atoms with E-state index in [-0.39, 0.29) is 24.8 Å². The van der Waals surface area contributed by atoms with E-state index in [1.807, 2.05) is 0 Å². The molecule has 0 aliphatic carbocycles. The summed E-state index contributed by atoms with van der Waals surface area (Å²) in [6.07, 6.45) is 1.12. The fraction of sp³-hybridized carbons (Fsp3) is 0.100. The molecule has 0 aliphatic rings. The number of aromatic nitrogens is 1. The lowest BCUT2D eigenvalue weighted by atomic mass is 10.2. The summed E-state index contributed by atoms with van der Waals surface area (Å²) in [7, 11) is -7.83. The molecule has 11 heteroatoms. The Kier molecular flexibility index (Phi) is 4.26. The van der Waals surface area contributed by atoms with Crippen molar-refractivity contribution in [2.75, 3.05) is 4.72 Å². The number of halogens is 1. The van der Waals surface area contributed by atoms with Gasteiger partial charge in [-0.25, -0.2) is 27.0 Å². The smallest absolute Gasteiger partial charge is 0.273 e. The van der Waals surface area contributed by atoms with Gasteiger partial charge in [-0.1, -0.05) is 29.0 Å². The molecule has 0 amide bonds. The maximum Gasteiger partial charge on any atom is 0.273 e. The first-order valence-corrected chi connectivity index (χ1v) is 9.60. The topological polar surface area (TPSA) is 119 Å². The zero-order valence-corrected chi connectivity index (χ0v) is 13.8. The van der Waals surface area contributed by atoms with Crippen molar-refractivity contribution >= 4 is 48.7 Å². The highest BCUT2D eigenvalue weighted by molar-refractivity contribution is 7.94. The number of anilines is 1. The summed E-state index contributed by atoms with van der Waals surface area (Å²) in [6.45, 7) is 1.46. The quantitative estimate of drug-likeness (QED) is 0.849. The van der Waals surface area contributed by atoms with E-state index in [0.29, 0.717) is 0 Å². The number of nitrogens with two attached hydrogens (primary N) is 1. The minimum Gasteiger partial charge on any atom is -0.279 e. The zero-order valence-electron chi connectivity index (χ0n) is 10.6. The average molecular weight is 368 g/mol. The summed E-state index contributed by atoms with van der Waals surface area (Å²) in [4.78, 5) is 3.50. The highest BCUT2D eigenvalue weighted by atomic mass is 35.5. The second-order valence-corrected chi connectivity index (χ2v) is 9.06. The minimum atomic E-state index is -3.94. The van der Waals surface area contributed by atoms with Crippen LogP contribution < -0.4 is 9.86 Å². The number of hydrogen-bond donors (Lipinski definition) is 2. The number of rotatable bonds is 4. The molecule has 1 heterocycles. The van der Waals surface area contributed by atoms with Crippen molar-refractivity contribution in [2.45, 2.75) is 16.0 Å². The second-order valence-electron chi connectivity index (χ2n) is 4.01. The zero-order chi connectivity index (χ0) is 15.8. The Labute approximate surface area is 130 Å². The van der Waals surface area contributed by atoms with E-state index in [9.17, 15) is 16.8 Å². The van der Waals surface area contributed by atoms with E-state index in [0.717, 1.165) is 17.5 Å². The van der Waals surface area contributed by atoms with Crippen LogP contribution in [0.1, 0.15) is 5.56 Å². The molecule has 3 N–H and O–H groups in total. The molecule has 2 aromatic rings. The fourth-order valence-corrected chi connectivity index (χ4v) is 4.81. The van der Waals surface area contributed by atoms with Gasteiger partial charge in [-0.05, 0) is 24.6 Å². The molecule has 0 atom stereocenters. The van der Waals surface area contributed by atoms with E-state index in [1.54, 1.807) is 0 Å². The van der Waals surface area contributed by atoms with Crippen molar-refractivity contribution in [3.05, 3.63) is 34.4 Å². The number of nitrogens with zero attached hydrogens (tertiary/aromatic N) is 1. The van der Waals surface area contributed by atoms with E-state index >= 15 is 0 Å².